The number of carbonyl (C=O) groups excluding carboxylic acids is 1. The third kappa shape index (κ3) is 7.20. The Morgan fingerprint density at radius 2 is 1.85 bits per heavy atom. The molecule has 0 saturated carbocycles. The lowest BCUT2D eigenvalue weighted by Gasteiger charge is -2.20. The van der Waals surface area contributed by atoms with Crippen LogP contribution < -0.4 is 14.2 Å². The zero-order valence-electron chi connectivity index (χ0n) is 22.4. The second-order valence-electron chi connectivity index (χ2n) is 8.85. The zero-order chi connectivity index (χ0) is 27.9. The van der Waals surface area contributed by atoms with Crippen LogP contribution in [0.5, 0.6) is 17.2 Å². The number of thioether (sulfide) groups is 1. The van der Waals surface area contributed by atoms with E-state index in [1.807, 2.05) is 24.3 Å². The molecule has 0 radical (unpaired) electrons. The number of hydrogen-bond donors (Lipinski definition) is 1. The van der Waals surface area contributed by atoms with Crippen LogP contribution >= 0.6 is 34.4 Å². The molecule has 2 aromatic rings. The molecular weight excluding hydrogens is 631 g/mol. The second-order valence-corrected chi connectivity index (χ2v) is 11.1. The van der Waals surface area contributed by atoms with Crippen molar-refractivity contribution in [1.29, 1.82) is 5.41 Å². The Labute approximate surface area is 246 Å². The molecule has 0 saturated heterocycles. The van der Waals surface area contributed by atoms with Gasteiger partial charge in [-0.15, -0.1) is 0 Å². The number of halogens is 1. The first kappa shape index (κ1) is 29.1. The maximum atomic E-state index is 12.7. The molecule has 0 unspecified atom stereocenters. The number of benzene rings is 2. The number of ether oxygens (including phenoxy) is 4. The van der Waals surface area contributed by atoms with Crippen LogP contribution in [0.15, 0.2) is 46.0 Å². The van der Waals surface area contributed by atoms with Crippen LogP contribution in [0.1, 0.15) is 36.5 Å². The van der Waals surface area contributed by atoms with Crippen molar-refractivity contribution in [3.05, 3.63) is 56.2 Å². The molecule has 2 aromatic carbocycles. The predicted molar refractivity (Wildman–Crippen MR) is 163 cm³/mol. The van der Waals surface area contributed by atoms with E-state index in [9.17, 15) is 4.79 Å². The standard InChI is InChI=1S/C28H31IN4O5S/c1-5-6-24-32-33-26(30)21(27(34)31-28(33)39-24)14-19-15-22(29)25(23(16-19)35-4)38-12-10-36-9-11-37-20-8-7-17(2)18(3)13-20/h7-8,13-16,30H,5-6,9-12H2,1-4H3/b21-14-,30-26?. The number of aryl methyl sites for hydroxylation is 2. The summed E-state index contributed by atoms with van der Waals surface area (Å²) < 4.78 is 23.7. The minimum absolute atomic E-state index is 0.0107. The van der Waals surface area contributed by atoms with Gasteiger partial charge in [0.15, 0.2) is 17.3 Å². The maximum absolute atomic E-state index is 12.7. The molecule has 0 fully saturated rings. The molecule has 0 aliphatic carbocycles. The van der Waals surface area contributed by atoms with Crippen LogP contribution in [0.4, 0.5) is 0 Å². The largest absolute Gasteiger partial charge is 0.493 e. The molecule has 206 valence electrons. The van der Waals surface area contributed by atoms with Crippen LogP contribution in [0.3, 0.4) is 0 Å². The molecule has 2 aliphatic heterocycles. The van der Waals surface area contributed by atoms with Gasteiger partial charge in [-0.2, -0.15) is 15.1 Å². The van der Waals surface area contributed by atoms with Crippen molar-refractivity contribution in [2.45, 2.75) is 33.6 Å². The van der Waals surface area contributed by atoms with Crippen molar-refractivity contribution in [3.8, 4) is 17.2 Å². The fourth-order valence-electron chi connectivity index (χ4n) is 3.80. The number of nitrogens with one attached hydrogen (secondary N) is 1. The highest BCUT2D eigenvalue weighted by molar-refractivity contribution is 14.1. The SMILES string of the molecule is CCCC1=NN2C(=N)/C(=C/c3cc(I)c(OCCOCCOc4ccc(C)c(C)c4)c(OC)c3)C(=O)N=C2S1. The van der Waals surface area contributed by atoms with E-state index in [1.54, 1.807) is 19.3 Å². The fraction of sp³-hybridized carbons (Fsp3) is 0.357. The number of rotatable bonds is 12. The fourth-order valence-corrected chi connectivity index (χ4v) is 5.57. The Bertz CT molecular complexity index is 1360. The molecule has 1 N–H and O–H groups in total. The van der Waals surface area contributed by atoms with Crippen LogP contribution in [-0.2, 0) is 9.53 Å². The number of aliphatic imine (C=N–C) groups is 1. The summed E-state index contributed by atoms with van der Waals surface area (Å²) in [5.74, 6) is 1.49. The summed E-state index contributed by atoms with van der Waals surface area (Å²) in [6.07, 6.45) is 3.34. The third-order valence-electron chi connectivity index (χ3n) is 5.97. The minimum atomic E-state index is -0.459. The van der Waals surface area contributed by atoms with E-state index in [2.05, 4.69) is 53.5 Å². The Morgan fingerprint density at radius 1 is 1.08 bits per heavy atom. The predicted octanol–water partition coefficient (Wildman–Crippen LogP) is 5.81. The van der Waals surface area contributed by atoms with E-state index >= 15 is 0 Å². The number of amidine groups is 2. The van der Waals surface area contributed by atoms with Gasteiger partial charge in [-0.25, -0.2) is 0 Å². The van der Waals surface area contributed by atoms with E-state index in [0.29, 0.717) is 48.7 Å². The molecule has 0 bridgehead atoms. The summed E-state index contributed by atoms with van der Waals surface area (Å²) in [7, 11) is 1.56. The van der Waals surface area contributed by atoms with Crippen molar-refractivity contribution < 1.29 is 23.7 Å². The summed E-state index contributed by atoms with van der Waals surface area (Å²) in [5.41, 5.74) is 3.29. The van der Waals surface area contributed by atoms with E-state index in [1.165, 1.54) is 27.9 Å². The molecule has 1 amide bonds. The molecular formula is C28H31IN4O5S. The van der Waals surface area contributed by atoms with E-state index < -0.39 is 5.91 Å². The molecule has 9 nitrogen and oxygen atoms in total. The summed E-state index contributed by atoms with van der Waals surface area (Å²) >= 11 is 3.51. The monoisotopic (exact) mass is 662 g/mol. The van der Waals surface area contributed by atoms with Crippen molar-refractivity contribution in [3.63, 3.8) is 0 Å². The summed E-state index contributed by atoms with van der Waals surface area (Å²) in [5, 5.41) is 15.7. The Balaban J connectivity index is 1.33. The van der Waals surface area contributed by atoms with Crippen molar-refractivity contribution >= 4 is 62.4 Å². The van der Waals surface area contributed by atoms with Crippen LogP contribution in [0, 0.1) is 22.8 Å². The van der Waals surface area contributed by atoms with Crippen LogP contribution in [0.2, 0.25) is 0 Å². The highest BCUT2D eigenvalue weighted by atomic mass is 127. The summed E-state index contributed by atoms with van der Waals surface area (Å²) in [4.78, 5) is 16.9. The molecule has 2 heterocycles. The van der Waals surface area contributed by atoms with Gasteiger partial charge in [-0.3, -0.25) is 10.2 Å². The number of hydrazone groups is 1. The van der Waals surface area contributed by atoms with Gasteiger partial charge < -0.3 is 18.9 Å². The first-order valence-corrected chi connectivity index (χ1v) is 14.5. The maximum Gasteiger partial charge on any atom is 0.283 e. The normalized spacial score (nSPS) is 15.8. The first-order chi connectivity index (χ1) is 18.8. The highest BCUT2D eigenvalue weighted by Crippen LogP contribution is 2.36. The van der Waals surface area contributed by atoms with E-state index in [4.69, 9.17) is 24.4 Å². The molecule has 2 aliphatic rings. The van der Waals surface area contributed by atoms with Gasteiger partial charge in [0.05, 0.1) is 29.5 Å². The number of hydrogen-bond acceptors (Lipinski definition) is 8. The van der Waals surface area contributed by atoms with Crippen LogP contribution in [-0.4, -0.2) is 60.5 Å². The Morgan fingerprint density at radius 3 is 2.56 bits per heavy atom. The number of amides is 1. The number of fused-ring (bicyclic) bond motifs is 1. The Hall–Kier alpha value is -2.90. The zero-order valence-corrected chi connectivity index (χ0v) is 25.3. The molecule has 39 heavy (non-hydrogen) atoms. The lowest BCUT2D eigenvalue weighted by Crippen LogP contribution is -2.35. The molecule has 11 heteroatoms. The van der Waals surface area contributed by atoms with Crippen molar-refractivity contribution in [2.24, 2.45) is 10.1 Å². The quantitative estimate of drug-likeness (QED) is 0.174. The second kappa shape index (κ2) is 13.4. The van der Waals surface area contributed by atoms with Gasteiger partial charge >= 0.3 is 0 Å². The highest BCUT2D eigenvalue weighted by Gasteiger charge is 2.35. The first-order valence-electron chi connectivity index (χ1n) is 12.6. The van der Waals surface area contributed by atoms with Gasteiger partial charge in [0.2, 0.25) is 5.17 Å². The van der Waals surface area contributed by atoms with Gasteiger partial charge in [0, 0.05) is 0 Å². The lowest BCUT2D eigenvalue weighted by atomic mass is 10.1. The minimum Gasteiger partial charge on any atom is -0.493 e. The number of methoxy groups -OCH3 is 1. The van der Waals surface area contributed by atoms with E-state index in [-0.39, 0.29) is 11.4 Å². The third-order valence-corrected chi connectivity index (χ3v) is 7.74. The summed E-state index contributed by atoms with van der Waals surface area (Å²) in [6.45, 7) is 7.81. The summed E-state index contributed by atoms with van der Waals surface area (Å²) in [6, 6.07) is 9.66. The lowest BCUT2D eigenvalue weighted by molar-refractivity contribution is -0.114. The average molecular weight is 663 g/mol. The smallest absolute Gasteiger partial charge is 0.283 e. The van der Waals surface area contributed by atoms with Gasteiger partial charge in [0.1, 0.15) is 24.0 Å². The van der Waals surface area contributed by atoms with Crippen molar-refractivity contribution in [1.82, 2.24) is 5.01 Å². The molecule has 4 rings (SSSR count). The van der Waals surface area contributed by atoms with Crippen LogP contribution in [0.25, 0.3) is 6.08 Å². The number of nitrogens with zero attached hydrogens (tertiary/aromatic N) is 3. The van der Waals surface area contributed by atoms with Gasteiger partial charge in [0.25, 0.3) is 5.91 Å². The Kier molecular flexibility index (Phi) is 10.0. The van der Waals surface area contributed by atoms with Gasteiger partial charge in [-0.05, 0) is 108 Å². The average Bonchev–Trinajstić information content (AvgIpc) is 3.31. The molecule has 0 atom stereocenters. The van der Waals surface area contributed by atoms with Gasteiger partial charge in [-0.1, -0.05) is 13.0 Å². The van der Waals surface area contributed by atoms with E-state index in [0.717, 1.165) is 27.2 Å². The molecule has 0 spiro atoms. The molecule has 0 aromatic heterocycles. The topological polar surface area (TPSA) is 106 Å². The number of carbonyl (C=O) groups is 1. The van der Waals surface area contributed by atoms with Crippen molar-refractivity contribution in [2.75, 3.05) is 33.5 Å².